The molecule has 1 nitrogen and oxygen atoms in total. The Bertz CT molecular complexity index is 320. The van der Waals surface area contributed by atoms with Crippen molar-refractivity contribution in [3.8, 4) is 0 Å². The molecule has 1 saturated heterocycles. The van der Waals surface area contributed by atoms with Crippen molar-refractivity contribution in [2.24, 2.45) is 0 Å². The Morgan fingerprint density at radius 2 is 1.88 bits per heavy atom. The van der Waals surface area contributed by atoms with Crippen LogP contribution in [0.2, 0.25) is 0 Å². The molecule has 1 heterocycles. The maximum atomic E-state index is 10.3. The van der Waals surface area contributed by atoms with Crippen molar-refractivity contribution in [2.75, 3.05) is 11.5 Å². The molecular weight excluding hydrogens is 236 g/mol. The molecule has 3 heteroatoms. The fraction of sp³-hybridized carbons (Fsp3) is 0.538. The number of hydrogen-bond acceptors (Lipinski definition) is 3. The van der Waals surface area contributed by atoms with Gasteiger partial charge in [0.15, 0.2) is 0 Å². The smallest absolute Gasteiger partial charge is 0.0843 e. The fourth-order valence-corrected chi connectivity index (χ4v) is 4.82. The zero-order chi connectivity index (χ0) is 11.4. The van der Waals surface area contributed by atoms with Gasteiger partial charge in [-0.3, -0.25) is 0 Å². The molecule has 0 aliphatic carbocycles. The Hall–Kier alpha value is -0.120. The van der Waals surface area contributed by atoms with Crippen molar-refractivity contribution in [3.63, 3.8) is 0 Å². The molecular formula is C13H18OS2. The minimum Gasteiger partial charge on any atom is -0.390 e. The van der Waals surface area contributed by atoms with E-state index in [1.807, 2.05) is 41.7 Å². The molecule has 1 fully saturated rings. The van der Waals surface area contributed by atoms with Gasteiger partial charge in [-0.1, -0.05) is 30.3 Å². The van der Waals surface area contributed by atoms with E-state index in [1.165, 1.54) is 23.5 Å². The van der Waals surface area contributed by atoms with E-state index in [0.29, 0.717) is 0 Å². The summed E-state index contributed by atoms with van der Waals surface area (Å²) in [7, 11) is 0. The summed E-state index contributed by atoms with van der Waals surface area (Å²) < 4.78 is -0.0198. The van der Waals surface area contributed by atoms with Gasteiger partial charge >= 0.3 is 0 Å². The summed E-state index contributed by atoms with van der Waals surface area (Å²) in [5.74, 6) is 2.35. The molecule has 1 aromatic carbocycles. The second kappa shape index (κ2) is 5.48. The third-order valence-corrected chi connectivity index (χ3v) is 6.33. The van der Waals surface area contributed by atoms with Gasteiger partial charge in [0, 0.05) is 6.42 Å². The highest BCUT2D eigenvalue weighted by atomic mass is 32.2. The summed E-state index contributed by atoms with van der Waals surface area (Å²) >= 11 is 3.81. The third kappa shape index (κ3) is 2.96. The van der Waals surface area contributed by atoms with Crippen LogP contribution >= 0.6 is 23.5 Å². The third-order valence-electron chi connectivity index (χ3n) is 2.94. The quantitative estimate of drug-likeness (QED) is 0.894. The molecule has 1 aliphatic rings. The molecule has 0 spiro atoms. The molecule has 0 radical (unpaired) electrons. The van der Waals surface area contributed by atoms with Gasteiger partial charge in [0.25, 0.3) is 0 Å². The second-order valence-corrected chi connectivity index (χ2v) is 7.62. The van der Waals surface area contributed by atoms with Crippen LogP contribution in [-0.4, -0.2) is 26.8 Å². The van der Waals surface area contributed by atoms with Crippen LogP contribution in [0.5, 0.6) is 0 Å². The van der Waals surface area contributed by atoms with E-state index >= 15 is 0 Å². The lowest BCUT2D eigenvalue weighted by molar-refractivity contribution is 0.166. The predicted octanol–water partition coefficient (Wildman–Crippen LogP) is 3.18. The van der Waals surface area contributed by atoms with Crippen molar-refractivity contribution >= 4 is 23.5 Å². The molecule has 16 heavy (non-hydrogen) atoms. The predicted molar refractivity (Wildman–Crippen MR) is 74.1 cm³/mol. The highest BCUT2D eigenvalue weighted by Crippen LogP contribution is 2.44. The highest BCUT2D eigenvalue weighted by molar-refractivity contribution is 8.18. The van der Waals surface area contributed by atoms with E-state index in [9.17, 15) is 5.11 Å². The molecule has 1 atom stereocenters. The monoisotopic (exact) mass is 254 g/mol. The van der Waals surface area contributed by atoms with Crippen LogP contribution in [0.25, 0.3) is 0 Å². The summed E-state index contributed by atoms with van der Waals surface area (Å²) in [6.07, 6.45) is 1.77. The largest absolute Gasteiger partial charge is 0.390 e. The number of aliphatic hydroxyl groups is 1. The first-order chi connectivity index (χ1) is 7.71. The van der Waals surface area contributed by atoms with Crippen LogP contribution in [-0.2, 0) is 6.42 Å². The Kier molecular flexibility index (Phi) is 4.22. The summed E-state index contributed by atoms with van der Waals surface area (Å²) in [6.45, 7) is 2.18. The first-order valence-electron chi connectivity index (χ1n) is 5.70. The van der Waals surface area contributed by atoms with E-state index in [2.05, 4.69) is 19.1 Å². The average Bonchev–Trinajstić information content (AvgIpc) is 2.31. The van der Waals surface area contributed by atoms with E-state index in [4.69, 9.17) is 0 Å². The minimum atomic E-state index is -0.259. The van der Waals surface area contributed by atoms with E-state index < -0.39 is 0 Å². The number of benzene rings is 1. The maximum absolute atomic E-state index is 10.3. The Labute approximate surface area is 106 Å². The average molecular weight is 254 g/mol. The molecule has 1 unspecified atom stereocenters. The van der Waals surface area contributed by atoms with Gasteiger partial charge in [0.2, 0.25) is 0 Å². The topological polar surface area (TPSA) is 20.2 Å². The number of aliphatic hydroxyl groups excluding tert-OH is 1. The SMILES string of the molecule is CC1(C(O)Cc2ccccc2)SCCCS1. The first kappa shape index (κ1) is 12.3. The van der Waals surface area contributed by atoms with Crippen LogP contribution in [0.4, 0.5) is 0 Å². The number of thioether (sulfide) groups is 2. The highest BCUT2D eigenvalue weighted by Gasteiger charge is 2.35. The van der Waals surface area contributed by atoms with Crippen LogP contribution < -0.4 is 0 Å². The number of rotatable bonds is 3. The van der Waals surface area contributed by atoms with Crippen LogP contribution in [0, 0.1) is 0 Å². The Morgan fingerprint density at radius 1 is 1.25 bits per heavy atom. The molecule has 0 amide bonds. The number of hydrogen-bond donors (Lipinski definition) is 1. The normalized spacial score (nSPS) is 21.6. The van der Waals surface area contributed by atoms with Crippen LogP contribution in [0.1, 0.15) is 18.9 Å². The standard InChI is InChI=1S/C13H18OS2/c1-13(15-8-5-9-16-13)12(14)10-11-6-3-2-4-7-11/h2-4,6-7,12,14H,5,8-10H2,1H3. The molecule has 0 aromatic heterocycles. The Balaban J connectivity index is 1.99. The van der Waals surface area contributed by atoms with Gasteiger partial charge in [0.1, 0.15) is 0 Å². The lowest BCUT2D eigenvalue weighted by atomic mass is 10.1. The molecule has 88 valence electrons. The van der Waals surface area contributed by atoms with E-state index in [0.717, 1.165) is 6.42 Å². The summed E-state index contributed by atoms with van der Waals surface area (Å²) in [4.78, 5) is 0. The van der Waals surface area contributed by atoms with E-state index in [-0.39, 0.29) is 10.2 Å². The molecule has 1 N–H and O–H groups in total. The second-order valence-electron chi connectivity index (χ2n) is 4.27. The van der Waals surface area contributed by atoms with Crippen molar-refractivity contribution in [2.45, 2.75) is 29.9 Å². The van der Waals surface area contributed by atoms with Crippen LogP contribution in [0.15, 0.2) is 30.3 Å². The van der Waals surface area contributed by atoms with Gasteiger partial charge in [0.05, 0.1) is 10.2 Å². The van der Waals surface area contributed by atoms with Crippen LogP contribution in [0.3, 0.4) is 0 Å². The molecule has 0 saturated carbocycles. The zero-order valence-corrected chi connectivity index (χ0v) is 11.2. The Morgan fingerprint density at radius 3 is 2.50 bits per heavy atom. The van der Waals surface area contributed by atoms with Gasteiger partial charge in [-0.15, -0.1) is 23.5 Å². The van der Waals surface area contributed by atoms with Gasteiger partial charge < -0.3 is 5.11 Å². The molecule has 0 bridgehead atoms. The summed E-state index contributed by atoms with van der Waals surface area (Å²) in [5.41, 5.74) is 1.22. The van der Waals surface area contributed by atoms with Gasteiger partial charge in [-0.05, 0) is 30.4 Å². The van der Waals surface area contributed by atoms with Crippen molar-refractivity contribution < 1.29 is 5.11 Å². The fourth-order valence-electron chi connectivity index (χ4n) is 1.87. The van der Waals surface area contributed by atoms with Gasteiger partial charge in [-0.25, -0.2) is 0 Å². The molecule has 1 aliphatic heterocycles. The summed E-state index contributed by atoms with van der Waals surface area (Å²) in [5, 5.41) is 10.3. The van der Waals surface area contributed by atoms with E-state index in [1.54, 1.807) is 0 Å². The van der Waals surface area contributed by atoms with Crippen molar-refractivity contribution in [3.05, 3.63) is 35.9 Å². The lowest BCUT2D eigenvalue weighted by Crippen LogP contribution is -2.37. The van der Waals surface area contributed by atoms with Crippen molar-refractivity contribution in [1.82, 2.24) is 0 Å². The minimum absolute atomic E-state index is 0.0198. The molecule has 2 rings (SSSR count). The lowest BCUT2D eigenvalue weighted by Gasteiger charge is -2.36. The maximum Gasteiger partial charge on any atom is 0.0843 e. The zero-order valence-electron chi connectivity index (χ0n) is 9.56. The summed E-state index contributed by atoms with van der Waals surface area (Å²) in [6, 6.07) is 10.3. The molecule has 1 aromatic rings. The first-order valence-corrected chi connectivity index (χ1v) is 7.68. The van der Waals surface area contributed by atoms with Crippen molar-refractivity contribution in [1.29, 1.82) is 0 Å². The van der Waals surface area contributed by atoms with Gasteiger partial charge in [-0.2, -0.15) is 0 Å².